The van der Waals surface area contributed by atoms with Crippen LogP contribution in [0.1, 0.15) is 29.2 Å². The molecule has 1 saturated heterocycles. The second-order valence-corrected chi connectivity index (χ2v) is 6.69. The third-order valence-corrected chi connectivity index (χ3v) is 4.60. The topological polar surface area (TPSA) is 113 Å². The lowest BCUT2D eigenvalue weighted by molar-refractivity contribution is 0.0945. The summed E-state index contributed by atoms with van der Waals surface area (Å²) in [4.78, 5) is 16.7. The summed E-state index contributed by atoms with van der Waals surface area (Å²) in [5, 5.41) is 21.3. The third-order valence-electron chi connectivity index (χ3n) is 4.60. The molecule has 4 rings (SSSR count). The first kappa shape index (κ1) is 17.3. The average Bonchev–Trinajstić information content (AvgIpc) is 3.37. The van der Waals surface area contributed by atoms with Crippen molar-refractivity contribution in [2.75, 3.05) is 13.1 Å². The van der Waals surface area contributed by atoms with E-state index < -0.39 is 0 Å². The first-order valence-corrected chi connectivity index (χ1v) is 9.13. The molecule has 1 aliphatic heterocycles. The molecule has 140 valence electrons. The van der Waals surface area contributed by atoms with Crippen molar-refractivity contribution in [3.63, 3.8) is 0 Å². The fourth-order valence-corrected chi connectivity index (χ4v) is 3.18. The Bertz CT molecular complexity index is 882. The van der Waals surface area contributed by atoms with E-state index in [-0.39, 0.29) is 12.5 Å². The molecule has 1 fully saturated rings. The van der Waals surface area contributed by atoms with Gasteiger partial charge in [0.15, 0.2) is 11.5 Å². The molecule has 9 heteroatoms. The molecule has 0 aliphatic carbocycles. The SMILES string of the molecule is O=C(NCc1nc(-c2ccccc2)n[nH]1)c1cn(C[C@H]2CCCNC2)nn1. The van der Waals surface area contributed by atoms with Gasteiger partial charge in [-0.05, 0) is 31.8 Å². The molecule has 1 amide bonds. The molecule has 0 saturated carbocycles. The van der Waals surface area contributed by atoms with E-state index in [1.165, 1.54) is 12.8 Å². The normalized spacial score (nSPS) is 17.0. The number of amides is 1. The second-order valence-electron chi connectivity index (χ2n) is 6.69. The van der Waals surface area contributed by atoms with Gasteiger partial charge in [-0.2, -0.15) is 5.10 Å². The standard InChI is InChI=1S/C18H22N8O/c27-18(15-12-26(25-22-15)11-13-5-4-8-19-9-13)20-10-16-21-17(24-23-16)14-6-2-1-3-7-14/h1-3,6-7,12-13,19H,4-5,8-11H2,(H,20,27)(H,21,23,24)/t13-/m0/s1. The predicted octanol–water partition coefficient (Wildman–Crippen LogP) is 0.993. The van der Waals surface area contributed by atoms with Crippen molar-refractivity contribution in [2.45, 2.75) is 25.9 Å². The van der Waals surface area contributed by atoms with Crippen LogP contribution in [0.25, 0.3) is 11.4 Å². The minimum absolute atomic E-state index is 0.248. The summed E-state index contributed by atoms with van der Waals surface area (Å²) in [5.74, 6) is 1.44. The Kier molecular flexibility index (Phi) is 5.20. The Labute approximate surface area is 156 Å². The zero-order chi connectivity index (χ0) is 18.5. The highest BCUT2D eigenvalue weighted by Crippen LogP contribution is 2.13. The molecule has 3 heterocycles. The molecule has 0 bridgehead atoms. The fourth-order valence-electron chi connectivity index (χ4n) is 3.18. The van der Waals surface area contributed by atoms with Gasteiger partial charge >= 0.3 is 0 Å². The van der Waals surface area contributed by atoms with Crippen LogP contribution in [0.15, 0.2) is 36.5 Å². The van der Waals surface area contributed by atoms with E-state index >= 15 is 0 Å². The zero-order valence-corrected chi connectivity index (χ0v) is 14.9. The van der Waals surface area contributed by atoms with Crippen LogP contribution in [-0.4, -0.2) is 49.2 Å². The van der Waals surface area contributed by atoms with Gasteiger partial charge in [0, 0.05) is 12.1 Å². The van der Waals surface area contributed by atoms with E-state index in [2.05, 4.69) is 36.1 Å². The lowest BCUT2D eigenvalue weighted by atomic mass is 10.00. The van der Waals surface area contributed by atoms with Gasteiger partial charge in [-0.15, -0.1) is 5.10 Å². The van der Waals surface area contributed by atoms with Crippen LogP contribution in [0.5, 0.6) is 0 Å². The number of aromatic nitrogens is 6. The zero-order valence-electron chi connectivity index (χ0n) is 14.9. The van der Waals surface area contributed by atoms with Crippen LogP contribution >= 0.6 is 0 Å². The number of benzene rings is 1. The molecule has 2 aromatic heterocycles. The number of hydrogen-bond acceptors (Lipinski definition) is 6. The van der Waals surface area contributed by atoms with E-state index in [9.17, 15) is 4.79 Å². The number of carbonyl (C=O) groups excluding carboxylic acids is 1. The molecule has 27 heavy (non-hydrogen) atoms. The molecular formula is C18H22N8O. The summed E-state index contributed by atoms with van der Waals surface area (Å²) in [5.41, 5.74) is 1.23. The number of nitrogens with zero attached hydrogens (tertiary/aromatic N) is 5. The van der Waals surface area contributed by atoms with Crippen molar-refractivity contribution in [3.05, 3.63) is 48.0 Å². The van der Waals surface area contributed by atoms with Crippen molar-refractivity contribution in [1.29, 1.82) is 0 Å². The quantitative estimate of drug-likeness (QED) is 0.600. The smallest absolute Gasteiger partial charge is 0.273 e. The highest BCUT2D eigenvalue weighted by atomic mass is 16.2. The molecule has 0 radical (unpaired) electrons. The second kappa shape index (κ2) is 8.09. The summed E-state index contributed by atoms with van der Waals surface area (Å²) >= 11 is 0. The summed E-state index contributed by atoms with van der Waals surface area (Å²) < 4.78 is 1.74. The van der Waals surface area contributed by atoms with Gasteiger partial charge in [0.05, 0.1) is 12.7 Å². The fraction of sp³-hybridized carbons (Fsp3) is 0.389. The average molecular weight is 366 g/mol. The first-order valence-electron chi connectivity index (χ1n) is 9.13. The third kappa shape index (κ3) is 4.37. The molecule has 0 spiro atoms. The first-order chi connectivity index (χ1) is 13.3. The van der Waals surface area contributed by atoms with Gasteiger partial charge in [0.2, 0.25) is 0 Å². The van der Waals surface area contributed by atoms with Crippen LogP contribution in [0.2, 0.25) is 0 Å². The maximum atomic E-state index is 12.3. The number of aromatic amines is 1. The van der Waals surface area contributed by atoms with Crippen LogP contribution in [0, 0.1) is 5.92 Å². The van der Waals surface area contributed by atoms with Crippen LogP contribution in [-0.2, 0) is 13.1 Å². The number of nitrogens with one attached hydrogen (secondary N) is 3. The van der Waals surface area contributed by atoms with E-state index in [1.807, 2.05) is 30.3 Å². The Morgan fingerprint density at radius 2 is 2.19 bits per heavy atom. The van der Waals surface area contributed by atoms with Gasteiger partial charge in [-0.1, -0.05) is 35.5 Å². The maximum Gasteiger partial charge on any atom is 0.273 e. The predicted molar refractivity (Wildman–Crippen MR) is 98.6 cm³/mol. The Balaban J connectivity index is 1.31. The van der Waals surface area contributed by atoms with Crippen molar-refractivity contribution in [1.82, 2.24) is 40.8 Å². The van der Waals surface area contributed by atoms with Crippen molar-refractivity contribution in [3.8, 4) is 11.4 Å². The van der Waals surface area contributed by atoms with Crippen molar-refractivity contribution >= 4 is 5.91 Å². The Morgan fingerprint density at radius 1 is 1.30 bits per heavy atom. The molecule has 3 N–H and O–H groups in total. The summed E-state index contributed by atoms with van der Waals surface area (Å²) in [6.07, 6.45) is 4.04. The maximum absolute atomic E-state index is 12.3. The van der Waals surface area contributed by atoms with E-state index in [0.29, 0.717) is 23.3 Å². The molecule has 1 aliphatic rings. The summed E-state index contributed by atoms with van der Waals surface area (Å²) in [6.45, 7) is 3.08. The van der Waals surface area contributed by atoms with Gasteiger partial charge in [0.25, 0.3) is 5.91 Å². The summed E-state index contributed by atoms with van der Waals surface area (Å²) in [6, 6.07) is 9.67. The molecule has 1 aromatic carbocycles. The minimum atomic E-state index is -0.277. The summed E-state index contributed by atoms with van der Waals surface area (Å²) in [7, 11) is 0. The van der Waals surface area contributed by atoms with E-state index in [1.54, 1.807) is 10.9 Å². The monoisotopic (exact) mass is 366 g/mol. The highest BCUT2D eigenvalue weighted by Gasteiger charge is 2.16. The Morgan fingerprint density at radius 3 is 3.00 bits per heavy atom. The van der Waals surface area contributed by atoms with Gasteiger partial charge in [-0.3, -0.25) is 14.6 Å². The lowest BCUT2D eigenvalue weighted by Crippen LogP contribution is -2.32. The highest BCUT2D eigenvalue weighted by molar-refractivity contribution is 5.91. The number of piperidine rings is 1. The van der Waals surface area contributed by atoms with Crippen molar-refractivity contribution in [2.24, 2.45) is 5.92 Å². The Hall–Kier alpha value is -3.07. The van der Waals surface area contributed by atoms with Crippen molar-refractivity contribution < 1.29 is 4.79 Å². The number of carbonyl (C=O) groups is 1. The number of hydrogen-bond donors (Lipinski definition) is 3. The number of rotatable bonds is 6. The number of H-pyrrole nitrogens is 1. The van der Waals surface area contributed by atoms with Gasteiger partial charge < -0.3 is 10.6 Å². The molecule has 3 aromatic rings. The lowest BCUT2D eigenvalue weighted by Gasteiger charge is -2.22. The molecule has 9 nitrogen and oxygen atoms in total. The van der Waals surface area contributed by atoms with Crippen LogP contribution in [0.3, 0.4) is 0 Å². The van der Waals surface area contributed by atoms with Gasteiger partial charge in [0.1, 0.15) is 5.82 Å². The minimum Gasteiger partial charge on any atom is -0.343 e. The molecule has 0 unspecified atom stereocenters. The van der Waals surface area contributed by atoms with Crippen LogP contribution < -0.4 is 10.6 Å². The molecular weight excluding hydrogens is 344 g/mol. The van der Waals surface area contributed by atoms with Gasteiger partial charge in [-0.25, -0.2) is 4.98 Å². The largest absolute Gasteiger partial charge is 0.343 e. The van der Waals surface area contributed by atoms with Crippen LogP contribution in [0.4, 0.5) is 0 Å². The molecule has 1 atom stereocenters. The van der Waals surface area contributed by atoms with E-state index in [0.717, 1.165) is 25.2 Å². The van der Waals surface area contributed by atoms with E-state index in [4.69, 9.17) is 0 Å².